The zero-order valence-electron chi connectivity index (χ0n) is 17.0. The number of anilines is 1. The van der Waals surface area contributed by atoms with Gasteiger partial charge in [0.05, 0.1) is 4.90 Å². The molecule has 8 heteroatoms. The molecule has 0 fully saturated rings. The van der Waals surface area contributed by atoms with Gasteiger partial charge in [0.25, 0.3) is 5.91 Å². The fourth-order valence-corrected chi connectivity index (χ4v) is 4.28. The minimum Gasteiger partial charge on any atom is -0.483 e. The van der Waals surface area contributed by atoms with E-state index in [2.05, 4.69) is 39.8 Å². The van der Waals surface area contributed by atoms with Crippen molar-refractivity contribution in [2.45, 2.75) is 51.0 Å². The minimum absolute atomic E-state index is 0.142. The van der Waals surface area contributed by atoms with E-state index in [1.54, 1.807) is 12.1 Å². The molecule has 0 saturated heterocycles. The fourth-order valence-electron chi connectivity index (χ4n) is 2.58. The van der Waals surface area contributed by atoms with E-state index in [1.165, 1.54) is 12.1 Å². The molecule has 29 heavy (non-hydrogen) atoms. The average molecular weight is 483 g/mol. The van der Waals surface area contributed by atoms with Gasteiger partial charge in [-0.25, -0.2) is 13.1 Å². The molecule has 1 atom stereocenters. The maximum atomic E-state index is 12.3. The van der Waals surface area contributed by atoms with Gasteiger partial charge in [-0.15, -0.1) is 0 Å². The molecule has 0 radical (unpaired) electrons. The maximum Gasteiger partial charge on any atom is 0.262 e. The van der Waals surface area contributed by atoms with Gasteiger partial charge in [-0.2, -0.15) is 0 Å². The molecule has 0 aliphatic heterocycles. The molecule has 0 heterocycles. The van der Waals surface area contributed by atoms with Crippen LogP contribution in [0.25, 0.3) is 0 Å². The van der Waals surface area contributed by atoms with Crippen molar-refractivity contribution in [3.63, 3.8) is 0 Å². The lowest BCUT2D eigenvalue weighted by Crippen LogP contribution is -2.32. The van der Waals surface area contributed by atoms with Gasteiger partial charge in [0.1, 0.15) is 5.75 Å². The van der Waals surface area contributed by atoms with Gasteiger partial charge in [0.15, 0.2) is 6.61 Å². The van der Waals surface area contributed by atoms with Crippen molar-refractivity contribution in [1.29, 1.82) is 0 Å². The smallest absolute Gasteiger partial charge is 0.262 e. The summed E-state index contributed by atoms with van der Waals surface area (Å²) in [5.74, 6) is 0.593. The van der Waals surface area contributed by atoms with E-state index in [0.717, 1.165) is 10.0 Å². The fraction of sp³-hybridized carbons (Fsp3) is 0.381. The second kappa shape index (κ2) is 10.2. The first-order valence-corrected chi connectivity index (χ1v) is 11.7. The van der Waals surface area contributed by atoms with Crippen LogP contribution in [0.3, 0.4) is 0 Å². The van der Waals surface area contributed by atoms with Crippen LogP contribution in [0.5, 0.6) is 5.75 Å². The van der Waals surface area contributed by atoms with Crippen LogP contribution in [0.2, 0.25) is 0 Å². The molecule has 1 amide bonds. The van der Waals surface area contributed by atoms with E-state index in [9.17, 15) is 13.2 Å². The number of nitrogens with one attached hydrogen (secondary N) is 2. The highest BCUT2D eigenvalue weighted by atomic mass is 79.9. The van der Waals surface area contributed by atoms with E-state index in [0.29, 0.717) is 17.9 Å². The van der Waals surface area contributed by atoms with Crippen molar-refractivity contribution in [1.82, 2.24) is 4.72 Å². The molecule has 1 unspecified atom stereocenters. The minimum atomic E-state index is -3.57. The van der Waals surface area contributed by atoms with Crippen molar-refractivity contribution in [2.24, 2.45) is 0 Å². The van der Waals surface area contributed by atoms with Gasteiger partial charge in [-0.3, -0.25) is 4.79 Å². The number of hydrogen-bond donors (Lipinski definition) is 2. The van der Waals surface area contributed by atoms with Crippen molar-refractivity contribution in [3.8, 4) is 5.75 Å². The number of amides is 1. The van der Waals surface area contributed by atoms with E-state index >= 15 is 0 Å². The summed E-state index contributed by atoms with van der Waals surface area (Å²) in [5, 5.41) is 2.71. The SMILES string of the molecule is CCC(C)NS(=O)(=O)c1ccc(NC(=O)COc2ccc(Br)cc2C(C)C)cc1. The Hall–Kier alpha value is -1.90. The summed E-state index contributed by atoms with van der Waals surface area (Å²) in [4.78, 5) is 12.4. The first kappa shape index (κ1) is 23.4. The second-order valence-electron chi connectivity index (χ2n) is 7.13. The summed E-state index contributed by atoms with van der Waals surface area (Å²) in [7, 11) is -3.57. The molecule has 0 aliphatic rings. The number of sulfonamides is 1. The normalized spacial score (nSPS) is 12.6. The molecular weight excluding hydrogens is 456 g/mol. The van der Waals surface area contributed by atoms with Crippen LogP contribution in [0, 0.1) is 0 Å². The molecule has 2 aromatic rings. The molecule has 158 valence electrons. The highest BCUT2D eigenvalue weighted by Crippen LogP contribution is 2.29. The first-order chi connectivity index (χ1) is 13.6. The molecular formula is C21H27BrN2O4S. The van der Waals surface area contributed by atoms with Gasteiger partial charge >= 0.3 is 0 Å². The molecule has 0 saturated carbocycles. The highest BCUT2D eigenvalue weighted by molar-refractivity contribution is 9.10. The van der Waals surface area contributed by atoms with Crippen LogP contribution < -0.4 is 14.8 Å². The summed E-state index contributed by atoms with van der Waals surface area (Å²) in [5.41, 5.74) is 1.51. The van der Waals surface area contributed by atoms with Crippen molar-refractivity contribution >= 4 is 37.5 Å². The average Bonchev–Trinajstić information content (AvgIpc) is 2.66. The Labute approximate surface area is 181 Å². The molecule has 6 nitrogen and oxygen atoms in total. The Morgan fingerprint density at radius 1 is 1.10 bits per heavy atom. The maximum absolute atomic E-state index is 12.3. The second-order valence-corrected chi connectivity index (χ2v) is 9.76. The molecule has 0 bridgehead atoms. The largest absolute Gasteiger partial charge is 0.483 e. The summed E-state index contributed by atoms with van der Waals surface area (Å²) in [6, 6.07) is 11.6. The Kier molecular flexibility index (Phi) is 8.24. The van der Waals surface area contributed by atoms with E-state index in [1.807, 2.05) is 32.0 Å². The topological polar surface area (TPSA) is 84.5 Å². The van der Waals surface area contributed by atoms with Crippen LogP contribution in [-0.2, 0) is 14.8 Å². The van der Waals surface area contributed by atoms with Gasteiger partial charge in [-0.05, 0) is 67.3 Å². The Morgan fingerprint density at radius 2 is 1.76 bits per heavy atom. The summed E-state index contributed by atoms with van der Waals surface area (Å²) in [6.07, 6.45) is 0.699. The highest BCUT2D eigenvalue weighted by Gasteiger charge is 2.16. The molecule has 2 rings (SSSR count). The van der Waals surface area contributed by atoms with E-state index < -0.39 is 10.0 Å². The van der Waals surface area contributed by atoms with Gasteiger partial charge < -0.3 is 10.1 Å². The van der Waals surface area contributed by atoms with Crippen LogP contribution in [0.15, 0.2) is 51.8 Å². The lowest BCUT2D eigenvalue weighted by molar-refractivity contribution is -0.118. The lowest BCUT2D eigenvalue weighted by Gasteiger charge is -2.15. The number of hydrogen-bond acceptors (Lipinski definition) is 4. The van der Waals surface area contributed by atoms with Gasteiger partial charge in [-0.1, -0.05) is 36.7 Å². The van der Waals surface area contributed by atoms with E-state index in [4.69, 9.17) is 4.74 Å². The van der Waals surface area contributed by atoms with Crippen LogP contribution >= 0.6 is 15.9 Å². The van der Waals surface area contributed by atoms with Crippen LogP contribution in [0.4, 0.5) is 5.69 Å². The molecule has 0 aliphatic carbocycles. The third-order valence-corrected chi connectivity index (χ3v) is 6.47. The molecule has 0 spiro atoms. The Morgan fingerprint density at radius 3 is 2.34 bits per heavy atom. The summed E-state index contributed by atoms with van der Waals surface area (Å²) in [6.45, 7) is 7.69. The predicted molar refractivity (Wildman–Crippen MR) is 119 cm³/mol. The van der Waals surface area contributed by atoms with Crippen LogP contribution in [0.1, 0.15) is 45.6 Å². The first-order valence-electron chi connectivity index (χ1n) is 9.47. The monoisotopic (exact) mass is 482 g/mol. The number of carbonyl (C=O) groups is 1. The summed E-state index contributed by atoms with van der Waals surface area (Å²) >= 11 is 3.44. The molecule has 2 aromatic carbocycles. The lowest BCUT2D eigenvalue weighted by atomic mass is 10.0. The van der Waals surface area contributed by atoms with Crippen molar-refractivity contribution in [2.75, 3.05) is 11.9 Å². The predicted octanol–water partition coefficient (Wildman–Crippen LogP) is 4.67. The number of ether oxygens (including phenoxy) is 1. The van der Waals surface area contributed by atoms with Gasteiger partial charge in [0, 0.05) is 16.2 Å². The number of rotatable bonds is 9. The summed E-state index contributed by atoms with van der Waals surface area (Å²) < 4.78 is 33.8. The molecule has 2 N–H and O–H groups in total. The van der Waals surface area contributed by atoms with Crippen molar-refractivity contribution < 1.29 is 17.9 Å². The third kappa shape index (κ3) is 6.83. The van der Waals surface area contributed by atoms with Crippen molar-refractivity contribution in [3.05, 3.63) is 52.5 Å². The van der Waals surface area contributed by atoms with Gasteiger partial charge in [0.2, 0.25) is 10.0 Å². The Bertz CT molecular complexity index is 944. The zero-order valence-corrected chi connectivity index (χ0v) is 19.4. The van der Waals surface area contributed by atoms with E-state index in [-0.39, 0.29) is 29.4 Å². The quantitative estimate of drug-likeness (QED) is 0.543. The number of carbonyl (C=O) groups excluding carboxylic acids is 1. The van der Waals surface area contributed by atoms with Crippen LogP contribution in [-0.4, -0.2) is 27.0 Å². The standard InChI is InChI=1S/C21H27BrN2O4S/c1-5-15(4)24-29(26,27)18-9-7-17(8-10-18)23-21(25)13-28-20-11-6-16(22)12-19(20)14(2)3/h6-12,14-15,24H,5,13H2,1-4H3,(H,23,25). The Balaban J connectivity index is 1.98. The third-order valence-electron chi connectivity index (χ3n) is 4.37. The molecule has 0 aromatic heterocycles. The zero-order chi connectivity index (χ0) is 21.6. The number of benzene rings is 2. The number of halogens is 1.